The highest BCUT2D eigenvalue weighted by Gasteiger charge is 2.24. The topological polar surface area (TPSA) is 93.0 Å². The average Bonchev–Trinajstić information content (AvgIpc) is 3.12. The number of benzene rings is 1. The fourth-order valence-corrected chi connectivity index (χ4v) is 3.41. The Morgan fingerprint density at radius 1 is 1.13 bits per heavy atom. The molecule has 0 radical (unpaired) electrons. The molecule has 1 N–H and O–H groups in total. The summed E-state index contributed by atoms with van der Waals surface area (Å²) >= 11 is 0. The van der Waals surface area contributed by atoms with E-state index in [-0.39, 0.29) is 36.3 Å². The maximum atomic E-state index is 13.3. The van der Waals surface area contributed by atoms with Crippen LogP contribution in [0.2, 0.25) is 0 Å². The molecule has 1 aliphatic rings. The summed E-state index contributed by atoms with van der Waals surface area (Å²) in [5.74, 6) is 0.266. The second kappa shape index (κ2) is 8.40. The lowest BCUT2D eigenvalue weighted by Crippen LogP contribution is -2.37. The molecule has 2 aromatic heterocycles. The Bertz CT molecular complexity index is 1080. The van der Waals surface area contributed by atoms with Crippen LogP contribution in [0.1, 0.15) is 25.0 Å². The zero-order chi connectivity index (χ0) is 21.1. The monoisotopic (exact) mass is 408 g/mol. The first kappa shape index (κ1) is 19.7. The number of aryl methyl sites for hydroxylation is 2. The number of amides is 2. The normalized spacial score (nSPS) is 13.1. The molecule has 0 fully saturated rings. The van der Waals surface area contributed by atoms with Crippen molar-refractivity contribution in [1.82, 2.24) is 19.7 Å². The van der Waals surface area contributed by atoms with Crippen molar-refractivity contribution < 1.29 is 14.0 Å². The van der Waals surface area contributed by atoms with E-state index in [0.29, 0.717) is 17.8 Å². The highest BCUT2D eigenvalue weighted by molar-refractivity contribution is 5.97. The zero-order valence-corrected chi connectivity index (χ0v) is 16.5. The van der Waals surface area contributed by atoms with Gasteiger partial charge >= 0.3 is 0 Å². The van der Waals surface area contributed by atoms with Crippen molar-refractivity contribution in [2.75, 3.05) is 16.8 Å². The van der Waals surface area contributed by atoms with Gasteiger partial charge in [0.2, 0.25) is 11.8 Å². The van der Waals surface area contributed by atoms with Crippen LogP contribution in [0, 0.1) is 12.7 Å². The van der Waals surface area contributed by atoms with Gasteiger partial charge in [-0.15, -0.1) is 0 Å². The lowest BCUT2D eigenvalue weighted by atomic mass is 10.1. The molecule has 30 heavy (non-hydrogen) atoms. The number of anilines is 2. The first-order valence-electron chi connectivity index (χ1n) is 9.72. The molecule has 0 atom stereocenters. The minimum atomic E-state index is -0.358. The van der Waals surface area contributed by atoms with E-state index in [2.05, 4.69) is 20.4 Å². The molecule has 0 saturated carbocycles. The maximum absolute atomic E-state index is 13.3. The van der Waals surface area contributed by atoms with E-state index in [4.69, 9.17) is 0 Å². The average molecular weight is 408 g/mol. The highest BCUT2D eigenvalue weighted by Crippen LogP contribution is 2.23. The second-order valence-corrected chi connectivity index (χ2v) is 7.11. The summed E-state index contributed by atoms with van der Waals surface area (Å²) in [6, 6.07) is 7.92. The van der Waals surface area contributed by atoms with Gasteiger partial charge in [-0.2, -0.15) is 5.10 Å². The van der Waals surface area contributed by atoms with Crippen LogP contribution in [0.3, 0.4) is 0 Å². The minimum Gasteiger partial charge on any atom is -0.309 e. The molecule has 0 bridgehead atoms. The van der Waals surface area contributed by atoms with Gasteiger partial charge in [-0.3, -0.25) is 19.5 Å². The number of aromatic nitrogens is 4. The van der Waals surface area contributed by atoms with Crippen LogP contribution < -0.4 is 10.2 Å². The van der Waals surface area contributed by atoms with E-state index in [1.165, 1.54) is 24.5 Å². The molecule has 8 nitrogen and oxygen atoms in total. The van der Waals surface area contributed by atoms with E-state index < -0.39 is 0 Å². The van der Waals surface area contributed by atoms with Gasteiger partial charge < -0.3 is 5.32 Å². The fourth-order valence-electron chi connectivity index (χ4n) is 3.41. The highest BCUT2D eigenvalue weighted by atomic mass is 19.1. The smallest absolute Gasteiger partial charge is 0.228 e. The Morgan fingerprint density at radius 3 is 2.77 bits per heavy atom. The predicted molar refractivity (Wildman–Crippen MR) is 109 cm³/mol. The summed E-state index contributed by atoms with van der Waals surface area (Å²) in [4.78, 5) is 34.9. The number of nitrogens with zero attached hydrogens (tertiary/aromatic N) is 5. The first-order chi connectivity index (χ1) is 14.5. The van der Waals surface area contributed by atoms with Crippen LogP contribution in [0.5, 0.6) is 0 Å². The molecule has 1 aliphatic heterocycles. The Kier molecular flexibility index (Phi) is 5.51. The molecule has 0 unspecified atom stereocenters. The summed E-state index contributed by atoms with van der Waals surface area (Å²) in [6.07, 6.45) is 3.83. The molecule has 9 heteroatoms. The van der Waals surface area contributed by atoms with Crippen molar-refractivity contribution in [3.05, 3.63) is 54.2 Å². The largest absolute Gasteiger partial charge is 0.309 e. The van der Waals surface area contributed by atoms with E-state index in [1.54, 1.807) is 17.0 Å². The molecule has 0 saturated heterocycles. The van der Waals surface area contributed by atoms with E-state index in [1.807, 2.05) is 17.7 Å². The van der Waals surface area contributed by atoms with Gasteiger partial charge in [-0.05, 0) is 25.5 Å². The van der Waals surface area contributed by atoms with Gasteiger partial charge in [0, 0.05) is 37.6 Å². The van der Waals surface area contributed by atoms with Crippen molar-refractivity contribution in [2.24, 2.45) is 0 Å². The van der Waals surface area contributed by atoms with Crippen molar-refractivity contribution in [3.8, 4) is 11.3 Å². The van der Waals surface area contributed by atoms with Crippen LogP contribution in [0.4, 0.5) is 16.0 Å². The van der Waals surface area contributed by atoms with Crippen LogP contribution in [-0.2, 0) is 16.1 Å². The molecular weight excluding hydrogens is 387 g/mol. The maximum Gasteiger partial charge on any atom is 0.228 e. The second-order valence-electron chi connectivity index (χ2n) is 7.11. The summed E-state index contributed by atoms with van der Waals surface area (Å²) in [5, 5.41) is 7.01. The lowest BCUT2D eigenvalue weighted by Gasteiger charge is -2.27. The zero-order valence-electron chi connectivity index (χ0n) is 16.5. The molecule has 4 rings (SSSR count). The quantitative estimate of drug-likeness (QED) is 0.701. The van der Waals surface area contributed by atoms with E-state index in [9.17, 15) is 14.0 Å². The number of rotatable bonds is 5. The number of hydrogen-bond acceptors (Lipinski definition) is 5. The number of carbonyl (C=O) groups excluding carboxylic acids is 2. The van der Waals surface area contributed by atoms with E-state index in [0.717, 1.165) is 24.5 Å². The van der Waals surface area contributed by atoms with Crippen LogP contribution in [-0.4, -0.2) is 38.1 Å². The number of carbonyl (C=O) groups is 2. The van der Waals surface area contributed by atoms with Crippen molar-refractivity contribution >= 4 is 23.5 Å². The Labute approximate surface area is 172 Å². The van der Waals surface area contributed by atoms with Gasteiger partial charge in [0.25, 0.3) is 0 Å². The SMILES string of the molecule is Cc1cc2n(n1)CCCN2C(=O)CCC(=O)Nc1cnc(-c2cccc(F)c2)cn1. The molecule has 0 spiro atoms. The van der Waals surface area contributed by atoms with Crippen LogP contribution in [0.15, 0.2) is 42.7 Å². The molecule has 3 heterocycles. The number of halogens is 1. The van der Waals surface area contributed by atoms with Gasteiger partial charge in [-0.1, -0.05) is 12.1 Å². The third-order valence-corrected chi connectivity index (χ3v) is 4.82. The summed E-state index contributed by atoms with van der Waals surface area (Å²) in [5.41, 5.74) is 1.96. The Hall–Kier alpha value is -3.62. The van der Waals surface area contributed by atoms with Crippen molar-refractivity contribution in [2.45, 2.75) is 32.7 Å². The van der Waals surface area contributed by atoms with Gasteiger partial charge in [0.05, 0.1) is 23.8 Å². The summed E-state index contributed by atoms with van der Waals surface area (Å²) in [6.45, 7) is 3.30. The minimum absolute atomic E-state index is 0.0375. The number of nitrogens with one attached hydrogen (secondary N) is 1. The van der Waals surface area contributed by atoms with Crippen molar-refractivity contribution in [3.63, 3.8) is 0 Å². The summed E-state index contributed by atoms with van der Waals surface area (Å²) in [7, 11) is 0. The number of fused-ring (bicyclic) bond motifs is 1. The third-order valence-electron chi connectivity index (χ3n) is 4.82. The lowest BCUT2D eigenvalue weighted by molar-refractivity contribution is -0.122. The van der Waals surface area contributed by atoms with Crippen LogP contribution >= 0.6 is 0 Å². The van der Waals surface area contributed by atoms with Gasteiger partial charge in [0.15, 0.2) is 5.82 Å². The molecule has 154 valence electrons. The number of hydrogen-bond donors (Lipinski definition) is 1. The van der Waals surface area contributed by atoms with E-state index >= 15 is 0 Å². The molecule has 2 amide bonds. The Balaban J connectivity index is 1.32. The predicted octanol–water partition coefficient (Wildman–Crippen LogP) is 2.94. The van der Waals surface area contributed by atoms with Gasteiger partial charge in [-0.25, -0.2) is 14.1 Å². The molecular formula is C21H21FN6O2. The molecule has 0 aliphatic carbocycles. The fraction of sp³-hybridized carbons (Fsp3) is 0.286. The van der Waals surface area contributed by atoms with Crippen molar-refractivity contribution in [1.29, 1.82) is 0 Å². The third kappa shape index (κ3) is 4.35. The van der Waals surface area contributed by atoms with Crippen LogP contribution in [0.25, 0.3) is 11.3 Å². The Morgan fingerprint density at radius 2 is 2.00 bits per heavy atom. The first-order valence-corrected chi connectivity index (χ1v) is 9.72. The standard InChI is InChI=1S/C21H21FN6O2/c1-14-10-20-27(8-3-9-28(20)26-14)21(30)7-6-19(29)25-18-13-23-17(12-24-18)15-4-2-5-16(22)11-15/h2,4-5,10-13H,3,6-9H2,1H3,(H,24,25,29). The van der Waals surface area contributed by atoms with Gasteiger partial charge in [0.1, 0.15) is 11.6 Å². The summed E-state index contributed by atoms with van der Waals surface area (Å²) < 4.78 is 15.2. The molecule has 3 aromatic rings. The molecule has 1 aromatic carbocycles.